The molecule has 3 nitrogen and oxygen atoms in total. The van der Waals surface area contributed by atoms with E-state index in [1.54, 1.807) is 0 Å². The van der Waals surface area contributed by atoms with Gasteiger partial charge >= 0.3 is 0 Å². The predicted octanol–water partition coefficient (Wildman–Crippen LogP) is 1.88. The fourth-order valence-corrected chi connectivity index (χ4v) is 1.52. The maximum absolute atomic E-state index is 4.36. The second kappa shape index (κ2) is 6.20. The van der Waals surface area contributed by atoms with E-state index in [9.17, 15) is 0 Å². The summed E-state index contributed by atoms with van der Waals surface area (Å²) >= 11 is 3.36. The highest BCUT2D eigenvalue weighted by atomic mass is 79.9. The summed E-state index contributed by atoms with van der Waals surface area (Å²) in [6.07, 6.45) is 0. The van der Waals surface area contributed by atoms with Crippen LogP contribution in [0.15, 0.2) is 22.8 Å². The van der Waals surface area contributed by atoms with E-state index < -0.39 is 0 Å². The second-order valence-electron chi connectivity index (χ2n) is 3.90. The van der Waals surface area contributed by atoms with Crippen molar-refractivity contribution in [2.24, 2.45) is 0 Å². The van der Waals surface area contributed by atoms with Crippen molar-refractivity contribution >= 4 is 15.9 Å². The number of halogens is 1. The first-order valence-corrected chi connectivity index (χ1v) is 5.87. The third-order valence-electron chi connectivity index (χ3n) is 2.40. The highest BCUT2D eigenvalue weighted by Crippen LogP contribution is 2.05. The van der Waals surface area contributed by atoms with Crippen LogP contribution in [0.5, 0.6) is 0 Å². The minimum atomic E-state index is 0.539. The Balaban J connectivity index is 2.32. The van der Waals surface area contributed by atoms with Crippen LogP contribution in [0.3, 0.4) is 0 Å². The van der Waals surface area contributed by atoms with Gasteiger partial charge in [-0.3, -0.25) is 0 Å². The van der Waals surface area contributed by atoms with Gasteiger partial charge in [0.1, 0.15) is 4.60 Å². The van der Waals surface area contributed by atoms with E-state index in [4.69, 9.17) is 0 Å². The Kier molecular flexibility index (Phi) is 5.22. The summed E-state index contributed by atoms with van der Waals surface area (Å²) in [5, 5.41) is 3.38. The van der Waals surface area contributed by atoms with E-state index >= 15 is 0 Å². The number of aromatic nitrogens is 1. The van der Waals surface area contributed by atoms with Crippen LogP contribution in [0.4, 0.5) is 0 Å². The lowest BCUT2D eigenvalue weighted by Gasteiger charge is -2.19. The summed E-state index contributed by atoms with van der Waals surface area (Å²) in [6, 6.07) is 6.50. The Bertz CT molecular complexity index is 302. The number of likely N-dealkylation sites (N-methyl/N-ethyl adjacent to an activating group) is 1. The Morgan fingerprint density at radius 1 is 1.47 bits per heavy atom. The molecule has 0 saturated carbocycles. The van der Waals surface area contributed by atoms with Gasteiger partial charge in [-0.25, -0.2) is 4.98 Å². The van der Waals surface area contributed by atoms with E-state index in [0.717, 1.165) is 23.4 Å². The zero-order valence-corrected chi connectivity index (χ0v) is 11.1. The van der Waals surface area contributed by atoms with Crippen LogP contribution in [-0.2, 0) is 6.54 Å². The molecular formula is C11H18BrN3. The monoisotopic (exact) mass is 271 g/mol. The van der Waals surface area contributed by atoms with E-state index in [0.29, 0.717) is 6.04 Å². The summed E-state index contributed by atoms with van der Waals surface area (Å²) in [4.78, 5) is 6.55. The average molecular weight is 272 g/mol. The first-order chi connectivity index (χ1) is 7.09. The van der Waals surface area contributed by atoms with E-state index in [1.807, 2.05) is 18.2 Å². The molecular weight excluding hydrogens is 254 g/mol. The topological polar surface area (TPSA) is 28.2 Å². The standard InChI is InChI=1S/C11H18BrN3/c1-9(15(2)3)7-13-8-10-5-4-6-11(12)14-10/h4-6,9,13H,7-8H2,1-3H3. The largest absolute Gasteiger partial charge is 0.310 e. The van der Waals surface area contributed by atoms with Gasteiger partial charge in [0.15, 0.2) is 0 Å². The molecule has 0 radical (unpaired) electrons. The Morgan fingerprint density at radius 2 is 2.20 bits per heavy atom. The minimum absolute atomic E-state index is 0.539. The summed E-state index contributed by atoms with van der Waals surface area (Å²) in [5.41, 5.74) is 1.07. The van der Waals surface area contributed by atoms with Gasteiger partial charge in [-0.1, -0.05) is 6.07 Å². The van der Waals surface area contributed by atoms with Crippen molar-refractivity contribution in [2.45, 2.75) is 19.5 Å². The molecule has 1 aromatic heterocycles. The summed E-state index contributed by atoms with van der Waals surface area (Å²) in [5.74, 6) is 0. The molecule has 1 heterocycles. The van der Waals surface area contributed by atoms with Crippen LogP contribution < -0.4 is 5.32 Å². The van der Waals surface area contributed by atoms with Crippen molar-refractivity contribution in [1.82, 2.24) is 15.2 Å². The van der Waals surface area contributed by atoms with Gasteiger partial charge in [0, 0.05) is 19.1 Å². The van der Waals surface area contributed by atoms with Gasteiger partial charge in [0.2, 0.25) is 0 Å². The van der Waals surface area contributed by atoms with Gasteiger partial charge in [-0.05, 0) is 49.1 Å². The second-order valence-corrected chi connectivity index (χ2v) is 4.71. The smallest absolute Gasteiger partial charge is 0.106 e. The maximum Gasteiger partial charge on any atom is 0.106 e. The molecule has 1 N–H and O–H groups in total. The molecule has 1 rings (SSSR count). The van der Waals surface area contributed by atoms with Crippen molar-refractivity contribution in [1.29, 1.82) is 0 Å². The van der Waals surface area contributed by atoms with Crippen LogP contribution in [0.1, 0.15) is 12.6 Å². The van der Waals surface area contributed by atoms with Crippen LogP contribution in [0.2, 0.25) is 0 Å². The maximum atomic E-state index is 4.36. The number of pyridine rings is 1. The lowest BCUT2D eigenvalue weighted by molar-refractivity contribution is 0.302. The predicted molar refractivity (Wildman–Crippen MR) is 66.8 cm³/mol. The first kappa shape index (κ1) is 12.6. The average Bonchev–Trinajstić information content (AvgIpc) is 2.17. The van der Waals surface area contributed by atoms with Crippen LogP contribution >= 0.6 is 15.9 Å². The molecule has 0 aromatic carbocycles. The molecule has 0 aliphatic carbocycles. The fraction of sp³-hybridized carbons (Fsp3) is 0.545. The Morgan fingerprint density at radius 3 is 2.80 bits per heavy atom. The van der Waals surface area contributed by atoms with Gasteiger partial charge in [0.25, 0.3) is 0 Å². The molecule has 0 spiro atoms. The number of rotatable bonds is 5. The number of nitrogens with zero attached hydrogens (tertiary/aromatic N) is 2. The van der Waals surface area contributed by atoms with Gasteiger partial charge < -0.3 is 10.2 Å². The molecule has 84 valence electrons. The molecule has 1 aromatic rings. The molecule has 0 saturated heterocycles. The number of hydrogen-bond acceptors (Lipinski definition) is 3. The number of nitrogens with one attached hydrogen (secondary N) is 1. The highest BCUT2D eigenvalue weighted by Gasteiger charge is 2.03. The minimum Gasteiger partial charge on any atom is -0.310 e. The zero-order chi connectivity index (χ0) is 11.3. The SMILES string of the molecule is CC(CNCc1cccc(Br)n1)N(C)C. The third-order valence-corrected chi connectivity index (χ3v) is 2.84. The fourth-order valence-electron chi connectivity index (χ4n) is 1.14. The molecule has 0 fully saturated rings. The highest BCUT2D eigenvalue weighted by molar-refractivity contribution is 9.10. The van der Waals surface area contributed by atoms with Gasteiger partial charge in [-0.2, -0.15) is 0 Å². The van der Waals surface area contributed by atoms with Gasteiger partial charge in [0.05, 0.1) is 5.69 Å². The molecule has 1 atom stereocenters. The molecule has 0 amide bonds. The Hall–Kier alpha value is -0.450. The third kappa shape index (κ3) is 4.73. The van der Waals surface area contributed by atoms with Crippen molar-refractivity contribution in [3.05, 3.63) is 28.5 Å². The lowest BCUT2D eigenvalue weighted by atomic mass is 10.3. The van der Waals surface area contributed by atoms with Crippen molar-refractivity contribution < 1.29 is 0 Å². The molecule has 0 aliphatic heterocycles. The molecule has 4 heteroatoms. The normalized spacial score (nSPS) is 13.1. The first-order valence-electron chi connectivity index (χ1n) is 5.08. The van der Waals surface area contributed by atoms with Crippen LogP contribution in [-0.4, -0.2) is 36.6 Å². The quantitative estimate of drug-likeness (QED) is 0.830. The van der Waals surface area contributed by atoms with Crippen LogP contribution in [0, 0.1) is 0 Å². The summed E-state index contributed by atoms with van der Waals surface area (Å²) in [7, 11) is 4.17. The van der Waals surface area contributed by atoms with E-state index in [1.165, 1.54) is 0 Å². The molecule has 1 unspecified atom stereocenters. The van der Waals surface area contributed by atoms with Crippen molar-refractivity contribution in [3.63, 3.8) is 0 Å². The lowest BCUT2D eigenvalue weighted by Crippen LogP contribution is -2.35. The molecule has 15 heavy (non-hydrogen) atoms. The molecule has 0 aliphatic rings. The summed E-state index contributed by atoms with van der Waals surface area (Å²) < 4.78 is 0.891. The van der Waals surface area contributed by atoms with Crippen molar-refractivity contribution in [3.8, 4) is 0 Å². The van der Waals surface area contributed by atoms with E-state index in [2.05, 4.69) is 52.1 Å². The van der Waals surface area contributed by atoms with Gasteiger partial charge in [-0.15, -0.1) is 0 Å². The summed E-state index contributed by atoms with van der Waals surface area (Å²) in [6.45, 7) is 3.99. The van der Waals surface area contributed by atoms with Crippen LogP contribution in [0.25, 0.3) is 0 Å². The van der Waals surface area contributed by atoms with E-state index in [-0.39, 0.29) is 0 Å². The van der Waals surface area contributed by atoms with Crippen molar-refractivity contribution in [2.75, 3.05) is 20.6 Å². The Labute approximate surface area is 100 Å². The molecule has 0 bridgehead atoms. The zero-order valence-electron chi connectivity index (χ0n) is 9.50. The number of hydrogen-bond donors (Lipinski definition) is 1.